The fourth-order valence-electron chi connectivity index (χ4n) is 4.90. The number of piperidine rings is 1. The molecule has 26 heavy (non-hydrogen) atoms. The second-order valence-electron chi connectivity index (χ2n) is 7.39. The zero-order chi connectivity index (χ0) is 18.7. The highest BCUT2D eigenvalue weighted by Gasteiger charge is 2.51. The summed E-state index contributed by atoms with van der Waals surface area (Å²) in [5.41, 5.74) is 0.400. The van der Waals surface area contributed by atoms with Gasteiger partial charge in [-0.05, 0) is 25.0 Å². The van der Waals surface area contributed by atoms with Gasteiger partial charge in [-0.25, -0.2) is 0 Å². The molecule has 4 atom stereocenters. The summed E-state index contributed by atoms with van der Waals surface area (Å²) in [5.74, 6) is 1.93. The van der Waals surface area contributed by atoms with E-state index in [1.54, 1.807) is 21.3 Å². The van der Waals surface area contributed by atoms with Crippen LogP contribution in [0, 0.1) is 17.2 Å². The van der Waals surface area contributed by atoms with Gasteiger partial charge in [0, 0.05) is 17.9 Å². The predicted molar refractivity (Wildman–Crippen MR) is 96.7 cm³/mol. The molecule has 1 aliphatic heterocycles. The van der Waals surface area contributed by atoms with E-state index in [0.29, 0.717) is 23.8 Å². The summed E-state index contributed by atoms with van der Waals surface area (Å²) in [6.45, 7) is 1.22. The maximum absolute atomic E-state index is 11.3. The summed E-state index contributed by atoms with van der Waals surface area (Å²) in [4.78, 5) is 1.21. The number of hydrogen-bond acceptors (Lipinski definition) is 5. The summed E-state index contributed by atoms with van der Waals surface area (Å²) in [6, 6.07) is 6.31. The SMILES string of the molecule is COc1cc([C@H]2[C@@H]3CCCC[C@]3(O)CC[NH+]2CC#N)cc(OC)c1OC. The molecule has 1 saturated heterocycles. The lowest BCUT2D eigenvalue weighted by molar-refractivity contribution is -0.938. The van der Waals surface area contributed by atoms with E-state index in [1.807, 2.05) is 12.1 Å². The molecule has 6 heteroatoms. The van der Waals surface area contributed by atoms with Gasteiger partial charge < -0.3 is 24.2 Å². The van der Waals surface area contributed by atoms with E-state index in [9.17, 15) is 10.4 Å². The van der Waals surface area contributed by atoms with Crippen LogP contribution < -0.4 is 19.1 Å². The molecular formula is C20H29N2O4+. The maximum atomic E-state index is 11.3. The molecule has 2 N–H and O–H groups in total. The van der Waals surface area contributed by atoms with Crippen molar-refractivity contribution >= 4 is 0 Å². The Morgan fingerprint density at radius 3 is 2.42 bits per heavy atom. The van der Waals surface area contributed by atoms with Crippen LogP contribution >= 0.6 is 0 Å². The molecule has 0 amide bonds. The normalized spacial score (nSPS) is 30.8. The van der Waals surface area contributed by atoms with Gasteiger partial charge in [-0.2, -0.15) is 5.26 Å². The average molecular weight is 361 g/mol. The number of nitriles is 1. The highest BCUT2D eigenvalue weighted by molar-refractivity contribution is 5.54. The number of rotatable bonds is 5. The molecule has 0 spiro atoms. The second kappa shape index (κ2) is 7.73. The molecule has 1 aromatic rings. The number of nitrogens with zero attached hydrogens (tertiary/aromatic N) is 1. The molecule has 0 bridgehead atoms. The molecule has 3 rings (SSSR count). The van der Waals surface area contributed by atoms with E-state index in [-0.39, 0.29) is 12.0 Å². The first kappa shape index (κ1) is 18.8. The Morgan fingerprint density at radius 1 is 1.15 bits per heavy atom. The average Bonchev–Trinajstić information content (AvgIpc) is 2.66. The fourth-order valence-corrected chi connectivity index (χ4v) is 4.90. The van der Waals surface area contributed by atoms with Crippen LogP contribution in [0.25, 0.3) is 0 Å². The monoisotopic (exact) mass is 361 g/mol. The van der Waals surface area contributed by atoms with Gasteiger partial charge in [-0.1, -0.05) is 12.8 Å². The molecule has 2 fully saturated rings. The van der Waals surface area contributed by atoms with Crippen LogP contribution in [0.5, 0.6) is 17.2 Å². The van der Waals surface area contributed by atoms with Crippen molar-refractivity contribution in [2.24, 2.45) is 5.92 Å². The number of benzene rings is 1. The first-order chi connectivity index (χ1) is 12.6. The minimum Gasteiger partial charge on any atom is -0.493 e. The highest BCUT2D eigenvalue weighted by Crippen LogP contribution is 2.47. The van der Waals surface area contributed by atoms with Gasteiger partial charge in [-0.3, -0.25) is 0 Å². The molecule has 1 unspecified atom stereocenters. The molecule has 2 aliphatic rings. The summed E-state index contributed by atoms with van der Waals surface area (Å²) in [7, 11) is 4.81. The Kier molecular flexibility index (Phi) is 5.59. The van der Waals surface area contributed by atoms with Gasteiger partial charge >= 0.3 is 0 Å². The molecule has 6 nitrogen and oxygen atoms in total. The Hall–Kier alpha value is -1.97. The van der Waals surface area contributed by atoms with Crippen LogP contribution in [0.15, 0.2) is 12.1 Å². The topological polar surface area (TPSA) is 76.2 Å². The minimum atomic E-state index is -0.637. The maximum Gasteiger partial charge on any atom is 0.203 e. The minimum absolute atomic E-state index is 0.0439. The van der Waals surface area contributed by atoms with Crippen LogP contribution in [-0.4, -0.2) is 45.1 Å². The van der Waals surface area contributed by atoms with Crippen molar-refractivity contribution in [3.63, 3.8) is 0 Å². The third-order valence-electron chi connectivity index (χ3n) is 6.14. The largest absolute Gasteiger partial charge is 0.493 e. The van der Waals surface area contributed by atoms with E-state index in [0.717, 1.165) is 44.2 Å². The zero-order valence-corrected chi connectivity index (χ0v) is 15.9. The lowest BCUT2D eigenvalue weighted by Gasteiger charge is -2.49. The van der Waals surface area contributed by atoms with Crippen molar-refractivity contribution in [3.05, 3.63) is 17.7 Å². The quantitative estimate of drug-likeness (QED) is 0.777. The van der Waals surface area contributed by atoms with Crippen molar-refractivity contribution in [3.8, 4) is 23.3 Å². The molecule has 0 aromatic heterocycles. The Morgan fingerprint density at radius 2 is 1.85 bits per heavy atom. The summed E-state index contributed by atoms with van der Waals surface area (Å²) < 4.78 is 16.5. The number of ether oxygens (including phenoxy) is 3. The van der Waals surface area contributed by atoms with E-state index < -0.39 is 5.60 Å². The molecule has 0 radical (unpaired) electrons. The first-order valence-electron chi connectivity index (χ1n) is 9.31. The first-order valence-corrected chi connectivity index (χ1v) is 9.31. The van der Waals surface area contributed by atoms with Gasteiger partial charge in [0.15, 0.2) is 18.0 Å². The van der Waals surface area contributed by atoms with Crippen molar-refractivity contribution in [1.82, 2.24) is 0 Å². The van der Waals surface area contributed by atoms with Gasteiger partial charge in [0.25, 0.3) is 0 Å². The number of likely N-dealkylation sites (tertiary alicyclic amines) is 1. The standard InChI is InChI=1S/C20H28N2O4/c1-24-16-12-14(13-17(25-2)19(16)26-3)18-15-6-4-5-7-20(15,23)8-10-22(18)11-9-21/h12-13,15,18,23H,4-8,10-11H2,1-3H3/p+1/t15-,18-,20-/m0/s1. The van der Waals surface area contributed by atoms with Crippen LogP contribution in [0.3, 0.4) is 0 Å². The Bertz CT molecular complexity index is 662. The third-order valence-corrected chi connectivity index (χ3v) is 6.14. The molecule has 1 aliphatic carbocycles. The van der Waals surface area contributed by atoms with Crippen LogP contribution in [0.1, 0.15) is 43.7 Å². The van der Waals surface area contributed by atoms with Gasteiger partial charge in [-0.15, -0.1) is 0 Å². The Balaban J connectivity index is 2.08. The smallest absolute Gasteiger partial charge is 0.203 e. The van der Waals surface area contributed by atoms with Gasteiger partial charge in [0.1, 0.15) is 12.1 Å². The number of aliphatic hydroxyl groups is 1. The molecule has 1 aromatic carbocycles. The van der Waals surface area contributed by atoms with Gasteiger partial charge in [0.2, 0.25) is 5.75 Å². The molecule has 1 heterocycles. The van der Waals surface area contributed by atoms with Crippen LogP contribution in [0.4, 0.5) is 0 Å². The van der Waals surface area contributed by atoms with Crippen molar-refractivity contribution in [1.29, 1.82) is 5.26 Å². The van der Waals surface area contributed by atoms with E-state index in [1.165, 1.54) is 4.90 Å². The van der Waals surface area contributed by atoms with Crippen molar-refractivity contribution < 1.29 is 24.2 Å². The third kappa shape index (κ3) is 3.22. The summed E-state index contributed by atoms with van der Waals surface area (Å²) in [5, 5.41) is 20.6. The predicted octanol–water partition coefficient (Wildman–Crippen LogP) is 1.49. The second-order valence-corrected chi connectivity index (χ2v) is 7.39. The lowest BCUT2D eigenvalue weighted by atomic mass is 9.66. The number of nitrogens with one attached hydrogen (secondary N) is 1. The van der Waals surface area contributed by atoms with Crippen molar-refractivity contribution in [2.75, 3.05) is 34.4 Å². The van der Waals surface area contributed by atoms with E-state index in [2.05, 4.69) is 6.07 Å². The summed E-state index contributed by atoms with van der Waals surface area (Å²) >= 11 is 0. The van der Waals surface area contributed by atoms with Crippen LogP contribution in [-0.2, 0) is 0 Å². The molecular weight excluding hydrogens is 332 g/mol. The van der Waals surface area contributed by atoms with Crippen molar-refractivity contribution in [2.45, 2.75) is 43.7 Å². The number of hydrogen-bond donors (Lipinski definition) is 2. The fraction of sp³-hybridized carbons (Fsp3) is 0.650. The Labute approximate surface area is 155 Å². The number of fused-ring (bicyclic) bond motifs is 1. The van der Waals surface area contributed by atoms with E-state index in [4.69, 9.17) is 14.2 Å². The number of methoxy groups -OCH3 is 3. The van der Waals surface area contributed by atoms with E-state index >= 15 is 0 Å². The van der Waals surface area contributed by atoms with Crippen LogP contribution in [0.2, 0.25) is 0 Å². The lowest BCUT2D eigenvalue weighted by Crippen LogP contribution is -3.15. The highest BCUT2D eigenvalue weighted by atomic mass is 16.5. The summed E-state index contributed by atoms with van der Waals surface area (Å²) in [6.07, 6.45) is 4.77. The molecule has 1 saturated carbocycles. The molecule has 142 valence electrons. The number of quaternary nitrogens is 1. The zero-order valence-electron chi connectivity index (χ0n) is 15.9. The van der Waals surface area contributed by atoms with Gasteiger partial charge in [0.05, 0.1) is 33.5 Å².